The van der Waals surface area contributed by atoms with Gasteiger partial charge in [0.25, 0.3) is 0 Å². The highest BCUT2D eigenvalue weighted by Gasteiger charge is 2.40. The second-order valence-electron chi connectivity index (χ2n) is 9.84. The van der Waals surface area contributed by atoms with E-state index in [-0.39, 0.29) is 37.2 Å². The first-order valence-electron chi connectivity index (χ1n) is 13.3. The number of amides is 1. The maximum atomic E-state index is 13.1. The van der Waals surface area contributed by atoms with Crippen LogP contribution in [0.25, 0.3) is 11.1 Å². The molecule has 1 aromatic heterocycles. The normalized spacial score (nSPS) is 16.6. The summed E-state index contributed by atoms with van der Waals surface area (Å²) in [6.07, 6.45) is -0.601. The molecule has 206 valence electrons. The van der Waals surface area contributed by atoms with Gasteiger partial charge in [0.05, 0.1) is 31.3 Å². The summed E-state index contributed by atoms with van der Waals surface area (Å²) in [6, 6.07) is 22.7. The molecule has 3 aromatic carbocycles. The lowest BCUT2D eigenvalue weighted by molar-refractivity contribution is -0.142. The van der Waals surface area contributed by atoms with Crippen molar-refractivity contribution in [2.75, 3.05) is 6.61 Å². The second kappa shape index (κ2) is 11.7. The quantitative estimate of drug-likeness (QED) is 0.212. The van der Waals surface area contributed by atoms with Crippen LogP contribution in [0.2, 0.25) is 0 Å². The second-order valence-corrected chi connectivity index (χ2v) is 9.84. The van der Waals surface area contributed by atoms with Gasteiger partial charge in [-0.25, -0.2) is 4.79 Å². The molecule has 0 aliphatic carbocycles. The van der Waals surface area contributed by atoms with Crippen LogP contribution in [0.4, 0.5) is 4.79 Å². The molecule has 2 atom stereocenters. The van der Waals surface area contributed by atoms with Crippen LogP contribution in [0.3, 0.4) is 0 Å². The van der Waals surface area contributed by atoms with Gasteiger partial charge in [-0.05, 0) is 68.7 Å². The van der Waals surface area contributed by atoms with Crippen LogP contribution in [-0.2, 0) is 27.2 Å². The van der Waals surface area contributed by atoms with E-state index in [2.05, 4.69) is 5.16 Å². The molecule has 1 aliphatic rings. The molecule has 8 nitrogen and oxygen atoms in total. The molecule has 0 N–H and O–H groups in total. The van der Waals surface area contributed by atoms with E-state index in [1.807, 2.05) is 93.6 Å². The molecule has 0 radical (unpaired) electrons. The Morgan fingerprint density at radius 1 is 1.02 bits per heavy atom. The zero-order chi connectivity index (χ0) is 28.2. The molecule has 1 fully saturated rings. The Labute approximate surface area is 233 Å². The van der Waals surface area contributed by atoms with Crippen molar-refractivity contribution < 1.29 is 28.3 Å². The fraction of sp³-hybridized carbons (Fsp3) is 0.281. The van der Waals surface area contributed by atoms with E-state index in [0.29, 0.717) is 23.9 Å². The van der Waals surface area contributed by atoms with Crippen LogP contribution in [-0.4, -0.2) is 34.8 Å². The molecule has 5 rings (SSSR count). The number of nitrogens with zero attached hydrogens (tertiary/aromatic N) is 2. The predicted molar refractivity (Wildman–Crippen MR) is 149 cm³/mol. The van der Waals surface area contributed by atoms with Crippen LogP contribution in [0, 0.1) is 13.8 Å². The number of carbonyl (C=O) groups excluding carboxylic acids is 2. The molecule has 8 heteroatoms. The monoisotopic (exact) mass is 540 g/mol. The van der Waals surface area contributed by atoms with E-state index in [0.717, 1.165) is 33.5 Å². The summed E-state index contributed by atoms with van der Waals surface area (Å²) in [5, 5.41) is 4.10. The van der Waals surface area contributed by atoms with Gasteiger partial charge in [-0.1, -0.05) is 53.7 Å². The molecule has 2 heterocycles. The molecule has 4 aromatic rings. The third kappa shape index (κ3) is 5.71. The molecule has 0 bridgehead atoms. The molecule has 1 saturated heterocycles. The molecule has 0 spiro atoms. The fourth-order valence-corrected chi connectivity index (χ4v) is 5.06. The lowest BCUT2D eigenvalue weighted by Gasteiger charge is -2.23. The van der Waals surface area contributed by atoms with Crippen molar-refractivity contribution in [2.45, 2.75) is 52.8 Å². The summed E-state index contributed by atoms with van der Waals surface area (Å²) in [6.45, 7) is 8.15. The van der Waals surface area contributed by atoms with Crippen molar-refractivity contribution in [2.24, 2.45) is 0 Å². The summed E-state index contributed by atoms with van der Waals surface area (Å²) in [7, 11) is 0. The zero-order valence-electron chi connectivity index (χ0n) is 23.0. The van der Waals surface area contributed by atoms with Crippen molar-refractivity contribution in [3.63, 3.8) is 0 Å². The largest absolute Gasteiger partial charge is 0.466 e. The fourth-order valence-electron chi connectivity index (χ4n) is 5.06. The summed E-state index contributed by atoms with van der Waals surface area (Å²) < 4.78 is 22.6. The van der Waals surface area contributed by atoms with Gasteiger partial charge >= 0.3 is 12.1 Å². The summed E-state index contributed by atoms with van der Waals surface area (Å²) in [5.41, 5.74) is 5.13. The van der Waals surface area contributed by atoms with Crippen molar-refractivity contribution >= 4 is 12.1 Å². The molecule has 0 unspecified atom stereocenters. The number of carbonyl (C=O) groups is 2. The third-order valence-electron chi connectivity index (χ3n) is 7.02. The minimum Gasteiger partial charge on any atom is -0.466 e. The van der Waals surface area contributed by atoms with Gasteiger partial charge in [-0.3, -0.25) is 9.69 Å². The number of esters is 1. The first kappa shape index (κ1) is 27.0. The van der Waals surface area contributed by atoms with E-state index in [4.69, 9.17) is 18.7 Å². The van der Waals surface area contributed by atoms with Crippen molar-refractivity contribution in [1.82, 2.24) is 10.1 Å². The Balaban J connectivity index is 1.47. The van der Waals surface area contributed by atoms with E-state index < -0.39 is 0 Å². The molecule has 1 aliphatic heterocycles. The van der Waals surface area contributed by atoms with E-state index in [1.54, 1.807) is 11.8 Å². The number of hydrogen-bond donors (Lipinski definition) is 0. The van der Waals surface area contributed by atoms with Gasteiger partial charge < -0.3 is 18.7 Å². The van der Waals surface area contributed by atoms with Crippen molar-refractivity contribution in [3.8, 4) is 22.6 Å². The Hall–Kier alpha value is -4.59. The number of aryl methyl sites for hydroxylation is 2. The van der Waals surface area contributed by atoms with E-state index in [1.165, 1.54) is 0 Å². The maximum Gasteiger partial charge on any atom is 0.411 e. The lowest BCUT2D eigenvalue weighted by atomic mass is 9.99. The van der Waals surface area contributed by atoms with Gasteiger partial charge in [0.15, 0.2) is 0 Å². The standard InChI is InChI=1S/C32H32N2O6/c1-5-37-29(35)17-23-10-9-13-27(16-23)38-28-15-14-25(30-20(2)33-40-22(30)4)18-26(28)19-34-21(3)31(39-32(34)36)24-11-7-6-8-12-24/h6-16,18,21,31H,5,17,19H2,1-4H3/t21-,31-/m0/s1. The molecule has 1 amide bonds. The summed E-state index contributed by atoms with van der Waals surface area (Å²) in [4.78, 5) is 26.8. The first-order chi connectivity index (χ1) is 19.3. The average molecular weight is 541 g/mol. The lowest BCUT2D eigenvalue weighted by Crippen LogP contribution is -2.31. The zero-order valence-corrected chi connectivity index (χ0v) is 23.0. The van der Waals surface area contributed by atoms with Crippen LogP contribution in [0.15, 0.2) is 77.3 Å². The smallest absolute Gasteiger partial charge is 0.411 e. The predicted octanol–water partition coefficient (Wildman–Crippen LogP) is 6.94. The Morgan fingerprint density at radius 2 is 1.82 bits per heavy atom. The van der Waals surface area contributed by atoms with Crippen LogP contribution >= 0.6 is 0 Å². The summed E-state index contributed by atoms with van der Waals surface area (Å²) in [5.74, 6) is 1.58. The maximum absolute atomic E-state index is 13.1. The Kier molecular flexibility index (Phi) is 7.86. The summed E-state index contributed by atoms with van der Waals surface area (Å²) >= 11 is 0. The van der Waals surface area contributed by atoms with Gasteiger partial charge in [0.1, 0.15) is 23.4 Å². The van der Waals surface area contributed by atoms with Crippen LogP contribution in [0.5, 0.6) is 11.5 Å². The van der Waals surface area contributed by atoms with Gasteiger partial charge in [0.2, 0.25) is 0 Å². The number of benzene rings is 3. The SMILES string of the molecule is CCOC(=O)Cc1cccc(Oc2ccc(-c3c(C)noc3C)cc2CN2C(=O)O[C@H](c3ccccc3)[C@@H]2C)c1. The Bertz CT molecular complexity index is 1490. The topological polar surface area (TPSA) is 91.1 Å². The number of ether oxygens (including phenoxy) is 3. The van der Waals surface area contributed by atoms with E-state index in [9.17, 15) is 9.59 Å². The number of aromatic nitrogens is 1. The number of cyclic esters (lactones) is 1. The number of rotatable bonds is 9. The van der Waals surface area contributed by atoms with E-state index >= 15 is 0 Å². The highest BCUT2D eigenvalue weighted by atomic mass is 16.6. The van der Waals surface area contributed by atoms with Gasteiger partial charge in [-0.15, -0.1) is 0 Å². The number of hydrogen-bond acceptors (Lipinski definition) is 7. The highest BCUT2D eigenvalue weighted by Crippen LogP contribution is 2.38. The van der Waals surface area contributed by atoms with Crippen molar-refractivity contribution in [1.29, 1.82) is 0 Å². The highest BCUT2D eigenvalue weighted by molar-refractivity contribution is 5.73. The minimum atomic E-state index is -0.383. The molecule has 40 heavy (non-hydrogen) atoms. The van der Waals surface area contributed by atoms with Crippen molar-refractivity contribution in [3.05, 3.63) is 101 Å². The first-order valence-corrected chi connectivity index (χ1v) is 13.3. The minimum absolute atomic E-state index is 0.154. The Morgan fingerprint density at radius 3 is 2.55 bits per heavy atom. The van der Waals surface area contributed by atoms with Crippen LogP contribution in [0.1, 0.15) is 48.1 Å². The average Bonchev–Trinajstić information content (AvgIpc) is 3.42. The molecule has 0 saturated carbocycles. The van der Waals surface area contributed by atoms with Crippen LogP contribution < -0.4 is 4.74 Å². The molecular formula is C32H32N2O6. The molecular weight excluding hydrogens is 508 g/mol. The van der Waals surface area contributed by atoms with Gasteiger partial charge in [0, 0.05) is 11.1 Å². The van der Waals surface area contributed by atoms with Gasteiger partial charge in [-0.2, -0.15) is 0 Å². The third-order valence-corrected chi connectivity index (χ3v) is 7.02.